The zero-order valence-corrected chi connectivity index (χ0v) is 15.8. The molecule has 0 aliphatic carbocycles. The van der Waals surface area contributed by atoms with Gasteiger partial charge in [-0.3, -0.25) is 9.59 Å². The first-order valence-corrected chi connectivity index (χ1v) is 9.60. The molecule has 1 spiro atoms. The largest absolute Gasteiger partial charge is 0.341 e. The molecule has 5 heteroatoms. The highest BCUT2D eigenvalue weighted by atomic mass is 16.2. The Morgan fingerprint density at radius 1 is 0.958 bits per heavy atom. The van der Waals surface area contributed by atoms with Crippen LogP contribution in [0, 0.1) is 17.3 Å². The van der Waals surface area contributed by atoms with Gasteiger partial charge in [-0.15, -0.1) is 0 Å². The maximum atomic E-state index is 12.7. The number of hydrogen-bond donors (Lipinski definition) is 0. The van der Waals surface area contributed by atoms with Crippen molar-refractivity contribution >= 4 is 11.8 Å². The SMILES string of the molecule is CC(C)CC(=O)N1CC2(C1)CN(C(=O)C1CCN(C(C)C)CC1)C2. The van der Waals surface area contributed by atoms with Crippen LogP contribution in [0.5, 0.6) is 0 Å². The molecule has 3 heterocycles. The van der Waals surface area contributed by atoms with Crippen LogP contribution in [0.1, 0.15) is 47.0 Å². The Bertz CT molecular complexity index is 481. The molecule has 2 amide bonds. The molecule has 0 radical (unpaired) electrons. The second kappa shape index (κ2) is 6.66. The van der Waals surface area contributed by atoms with Gasteiger partial charge in [0.2, 0.25) is 11.8 Å². The standard InChI is InChI=1S/C19H33N3O2/c1-14(2)9-17(23)21-10-19(11-21)12-22(13-19)18(24)16-5-7-20(8-6-16)15(3)4/h14-16H,5-13H2,1-4H3. The van der Waals surface area contributed by atoms with Crippen molar-refractivity contribution in [2.24, 2.45) is 17.3 Å². The topological polar surface area (TPSA) is 43.9 Å². The number of nitrogens with zero attached hydrogens (tertiary/aromatic N) is 3. The second-order valence-electron chi connectivity index (χ2n) is 8.95. The predicted octanol–water partition coefficient (Wildman–Crippen LogP) is 1.82. The number of carbonyl (C=O) groups excluding carboxylic acids is 2. The first-order chi connectivity index (χ1) is 11.3. The molecule has 0 saturated carbocycles. The third kappa shape index (κ3) is 3.46. The highest BCUT2D eigenvalue weighted by Crippen LogP contribution is 2.41. The van der Waals surface area contributed by atoms with Crippen molar-refractivity contribution in [1.29, 1.82) is 0 Å². The minimum atomic E-state index is 0.219. The third-order valence-electron chi connectivity index (χ3n) is 5.96. The van der Waals surface area contributed by atoms with Gasteiger partial charge in [-0.05, 0) is 45.7 Å². The lowest BCUT2D eigenvalue weighted by Gasteiger charge is -2.60. The molecule has 3 saturated heterocycles. The van der Waals surface area contributed by atoms with Gasteiger partial charge in [-0.25, -0.2) is 0 Å². The molecule has 0 unspecified atom stereocenters. The Morgan fingerprint density at radius 3 is 2.00 bits per heavy atom. The molecule has 0 N–H and O–H groups in total. The quantitative estimate of drug-likeness (QED) is 0.787. The summed E-state index contributed by atoms with van der Waals surface area (Å²) < 4.78 is 0. The van der Waals surface area contributed by atoms with Crippen LogP contribution in [0.3, 0.4) is 0 Å². The van der Waals surface area contributed by atoms with E-state index in [2.05, 4.69) is 32.6 Å². The van der Waals surface area contributed by atoms with Crippen molar-refractivity contribution < 1.29 is 9.59 Å². The highest BCUT2D eigenvalue weighted by Gasteiger charge is 2.54. The van der Waals surface area contributed by atoms with Gasteiger partial charge >= 0.3 is 0 Å². The fourth-order valence-corrected chi connectivity index (χ4v) is 4.46. The highest BCUT2D eigenvalue weighted by molar-refractivity contribution is 5.81. The van der Waals surface area contributed by atoms with Crippen molar-refractivity contribution in [3.05, 3.63) is 0 Å². The molecule has 3 aliphatic heterocycles. The fraction of sp³-hybridized carbons (Fsp3) is 0.895. The summed E-state index contributed by atoms with van der Waals surface area (Å²) in [7, 11) is 0. The van der Waals surface area contributed by atoms with Gasteiger partial charge in [0, 0.05) is 50.0 Å². The predicted molar refractivity (Wildman–Crippen MR) is 94.5 cm³/mol. The Labute approximate surface area is 146 Å². The van der Waals surface area contributed by atoms with E-state index in [-0.39, 0.29) is 17.2 Å². The summed E-state index contributed by atoms with van der Waals surface area (Å²) in [4.78, 5) is 31.2. The Kier molecular flexibility index (Phi) is 4.92. The summed E-state index contributed by atoms with van der Waals surface area (Å²) >= 11 is 0. The molecule has 5 nitrogen and oxygen atoms in total. The molecule has 3 aliphatic rings. The van der Waals surface area contributed by atoms with Crippen LogP contribution < -0.4 is 0 Å². The van der Waals surface area contributed by atoms with Crippen LogP contribution >= 0.6 is 0 Å². The van der Waals surface area contributed by atoms with Crippen LogP contribution in [0.25, 0.3) is 0 Å². The van der Waals surface area contributed by atoms with Crippen LogP contribution in [0.15, 0.2) is 0 Å². The Balaban J connectivity index is 1.40. The number of likely N-dealkylation sites (tertiary alicyclic amines) is 3. The Hall–Kier alpha value is -1.10. The van der Waals surface area contributed by atoms with Gasteiger partial charge in [-0.2, -0.15) is 0 Å². The minimum absolute atomic E-state index is 0.219. The van der Waals surface area contributed by atoms with Crippen LogP contribution in [0.4, 0.5) is 0 Å². The summed E-state index contributed by atoms with van der Waals surface area (Å²) in [5.41, 5.74) is 0.223. The molecule has 3 fully saturated rings. The van der Waals surface area contributed by atoms with Gasteiger partial charge in [0.1, 0.15) is 0 Å². The van der Waals surface area contributed by atoms with Crippen LogP contribution in [-0.2, 0) is 9.59 Å². The lowest BCUT2D eigenvalue weighted by atomic mass is 9.72. The number of amides is 2. The zero-order chi connectivity index (χ0) is 17.5. The van der Waals surface area contributed by atoms with E-state index in [0.29, 0.717) is 24.3 Å². The average Bonchev–Trinajstić information content (AvgIpc) is 2.43. The number of carbonyl (C=O) groups is 2. The molecule has 0 aromatic carbocycles. The summed E-state index contributed by atoms with van der Waals surface area (Å²) in [6.45, 7) is 14.2. The minimum Gasteiger partial charge on any atom is -0.341 e. The molecule has 24 heavy (non-hydrogen) atoms. The molecule has 0 aromatic rings. The van der Waals surface area contributed by atoms with Crippen molar-refractivity contribution in [2.45, 2.75) is 53.0 Å². The van der Waals surface area contributed by atoms with Gasteiger partial charge < -0.3 is 14.7 Å². The number of hydrogen-bond acceptors (Lipinski definition) is 3. The fourth-order valence-electron chi connectivity index (χ4n) is 4.46. The van der Waals surface area contributed by atoms with Gasteiger partial charge in [0.25, 0.3) is 0 Å². The monoisotopic (exact) mass is 335 g/mol. The molecular weight excluding hydrogens is 302 g/mol. The first-order valence-electron chi connectivity index (χ1n) is 9.60. The van der Waals surface area contributed by atoms with E-state index in [1.807, 2.05) is 9.80 Å². The van der Waals surface area contributed by atoms with E-state index in [9.17, 15) is 9.59 Å². The molecular formula is C19H33N3O2. The van der Waals surface area contributed by atoms with Crippen molar-refractivity contribution in [3.63, 3.8) is 0 Å². The van der Waals surface area contributed by atoms with Crippen LogP contribution in [-0.4, -0.2) is 71.8 Å². The van der Waals surface area contributed by atoms with Gasteiger partial charge in [0.05, 0.1) is 0 Å². The average molecular weight is 335 g/mol. The lowest BCUT2D eigenvalue weighted by Crippen LogP contribution is -2.74. The normalized spacial score (nSPS) is 24.4. The smallest absolute Gasteiger partial charge is 0.225 e. The van der Waals surface area contributed by atoms with E-state index in [4.69, 9.17) is 0 Å². The van der Waals surface area contributed by atoms with Crippen LogP contribution in [0.2, 0.25) is 0 Å². The summed E-state index contributed by atoms with van der Waals surface area (Å²) in [5.74, 6) is 1.28. The van der Waals surface area contributed by atoms with E-state index < -0.39 is 0 Å². The second-order valence-corrected chi connectivity index (χ2v) is 8.95. The molecule has 0 aromatic heterocycles. The first kappa shape index (κ1) is 17.7. The summed E-state index contributed by atoms with van der Waals surface area (Å²) in [5, 5.41) is 0. The maximum Gasteiger partial charge on any atom is 0.225 e. The van der Waals surface area contributed by atoms with E-state index >= 15 is 0 Å². The molecule has 0 atom stereocenters. The molecule has 0 bridgehead atoms. The number of piperidine rings is 1. The van der Waals surface area contributed by atoms with E-state index in [0.717, 1.165) is 52.1 Å². The Morgan fingerprint density at radius 2 is 1.50 bits per heavy atom. The van der Waals surface area contributed by atoms with Gasteiger partial charge in [-0.1, -0.05) is 13.8 Å². The number of rotatable bonds is 4. The third-order valence-corrected chi connectivity index (χ3v) is 5.96. The van der Waals surface area contributed by atoms with Crippen molar-refractivity contribution in [1.82, 2.24) is 14.7 Å². The van der Waals surface area contributed by atoms with E-state index in [1.165, 1.54) is 0 Å². The summed E-state index contributed by atoms with van der Waals surface area (Å²) in [6.07, 6.45) is 2.65. The lowest BCUT2D eigenvalue weighted by molar-refractivity contribution is -0.172. The van der Waals surface area contributed by atoms with Crippen molar-refractivity contribution in [2.75, 3.05) is 39.3 Å². The molecule has 3 rings (SSSR count). The van der Waals surface area contributed by atoms with Gasteiger partial charge in [0.15, 0.2) is 0 Å². The zero-order valence-electron chi connectivity index (χ0n) is 15.8. The van der Waals surface area contributed by atoms with Crippen molar-refractivity contribution in [3.8, 4) is 0 Å². The van der Waals surface area contributed by atoms with E-state index in [1.54, 1.807) is 0 Å². The summed E-state index contributed by atoms with van der Waals surface area (Å²) in [6, 6.07) is 0.581. The maximum absolute atomic E-state index is 12.7. The molecule has 136 valence electrons.